The van der Waals surface area contributed by atoms with E-state index >= 15 is 0 Å². The molecular weight excluding hydrogens is 176 g/mol. The number of rotatable bonds is 3. The highest BCUT2D eigenvalue weighted by Gasteiger charge is 1.89. The van der Waals surface area contributed by atoms with Crippen LogP contribution in [0.15, 0.2) is 30.3 Å². The summed E-state index contributed by atoms with van der Waals surface area (Å²) in [6.45, 7) is 0.897. The molecule has 14 heavy (non-hydrogen) atoms. The first-order valence-corrected chi connectivity index (χ1v) is 4.52. The molecule has 0 aliphatic rings. The summed E-state index contributed by atoms with van der Waals surface area (Å²) in [4.78, 5) is 0. The molecule has 0 unspecified atom stereocenters. The molecule has 80 valence electrons. The minimum Gasteiger partial charge on any atom is -0.272 e. The lowest BCUT2D eigenvalue weighted by molar-refractivity contribution is 0.286. The Balaban J connectivity index is 0.000000500. The minimum absolute atomic E-state index is 0.897. The summed E-state index contributed by atoms with van der Waals surface area (Å²) in [5.41, 5.74) is 6.75. The van der Waals surface area contributed by atoms with E-state index in [4.69, 9.17) is 0 Å². The van der Waals surface area contributed by atoms with E-state index in [1.54, 1.807) is 7.05 Å². The highest BCUT2D eigenvalue weighted by Crippen LogP contribution is 1.96. The maximum Gasteiger partial charge on any atom is 0.0353 e. The average molecular weight is 196 g/mol. The molecule has 1 rings (SSSR count). The normalized spacial score (nSPS) is 9.50. The number of hydrazine groups is 2. The van der Waals surface area contributed by atoms with Crippen LogP contribution in [0.2, 0.25) is 0 Å². The fourth-order valence-corrected chi connectivity index (χ4v) is 0.845. The Bertz CT molecular complexity index is 211. The van der Waals surface area contributed by atoms with Crippen molar-refractivity contribution in [2.75, 3.05) is 21.1 Å². The summed E-state index contributed by atoms with van der Waals surface area (Å²) in [5.74, 6) is 4.60. The Morgan fingerprint density at radius 3 is 2.14 bits per heavy atom. The zero-order valence-electron chi connectivity index (χ0n) is 9.12. The van der Waals surface area contributed by atoms with E-state index < -0.39 is 0 Å². The van der Waals surface area contributed by atoms with Crippen LogP contribution in [-0.2, 0) is 6.54 Å². The predicted octanol–water partition coefficient (Wildman–Crippen LogP) is 0.332. The summed E-state index contributed by atoms with van der Waals surface area (Å²) < 4.78 is 0. The van der Waals surface area contributed by atoms with Crippen LogP contribution >= 0.6 is 0 Å². The van der Waals surface area contributed by atoms with E-state index in [1.165, 1.54) is 5.56 Å². The van der Waals surface area contributed by atoms with E-state index in [-0.39, 0.29) is 0 Å². The average Bonchev–Trinajstić information content (AvgIpc) is 2.18. The maximum absolute atomic E-state index is 4.60. The molecule has 4 heteroatoms. The molecule has 0 aromatic heterocycles. The van der Waals surface area contributed by atoms with Crippen LogP contribution in [0.1, 0.15) is 5.56 Å². The van der Waals surface area contributed by atoms with Gasteiger partial charge in [-0.15, -0.1) is 0 Å². The molecule has 0 saturated carbocycles. The van der Waals surface area contributed by atoms with Gasteiger partial charge in [0.1, 0.15) is 0 Å². The Hall–Kier alpha value is -0.940. The second-order valence-electron chi connectivity index (χ2n) is 3.00. The van der Waals surface area contributed by atoms with Crippen molar-refractivity contribution in [1.82, 2.24) is 15.9 Å². The Labute approximate surface area is 86.0 Å². The molecule has 0 saturated heterocycles. The first kappa shape index (κ1) is 13.1. The topological polar surface area (TPSA) is 53.3 Å². The van der Waals surface area contributed by atoms with Crippen molar-refractivity contribution >= 4 is 0 Å². The van der Waals surface area contributed by atoms with Crippen molar-refractivity contribution in [2.24, 2.45) is 5.84 Å². The van der Waals surface area contributed by atoms with E-state index in [2.05, 4.69) is 28.8 Å². The van der Waals surface area contributed by atoms with Crippen LogP contribution < -0.4 is 16.7 Å². The van der Waals surface area contributed by atoms with Gasteiger partial charge in [0.05, 0.1) is 0 Å². The zero-order chi connectivity index (χ0) is 10.8. The quantitative estimate of drug-likeness (QED) is 0.482. The second kappa shape index (κ2) is 8.65. The van der Waals surface area contributed by atoms with Gasteiger partial charge in [-0.05, 0) is 12.6 Å². The molecule has 0 aliphatic heterocycles. The van der Waals surface area contributed by atoms with Crippen molar-refractivity contribution in [3.63, 3.8) is 0 Å². The summed E-state index contributed by atoms with van der Waals surface area (Å²) in [6.07, 6.45) is 0. The zero-order valence-corrected chi connectivity index (χ0v) is 9.12. The second-order valence-corrected chi connectivity index (χ2v) is 3.00. The van der Waals surface area contributed by atoms with Gasteiger partial charge in [0, 0.05) is 20.6 Å². The maximum atomic E-state index is 4.60. The third-order valence-electron chi connectivity index (χ3n) is 1.44. The van der Waals surface area contributed by atoms with Crippen molar-refractivity contribution in [3.8, 4) is 0 Å². The Morgan fingerprint density at radius 1 is 1.21 bits per heavy atom. The van der Waals surface area contributed by atoms with E-state index in [0.29, 0.717) is 0 Å². The standard InChI is InChI=1S/C9H14N2.CH6N2/c1-11(2)10-8-9-6-4-3-5-7-9;1-3-2/h3-7,10H,8H2,1-2H3;3H,2H2,1H3. The number of nitrogens with zero attached hydrogens (tertiary/aromatic N) is 1. The summed E-state index contributed by atoms with van der Waals surface area (Å²) in [6, 6.07) is 10.3. The van der Waals surface area contributed by atoms with E-state index in [1.807, 2.05) is 37.3 Å². The lowest BCUT2D eigenvalue weighted by Crippen LogP contribution is -2.29. The number of benzene rings is 1. The van der Waals surface area contributed by atoms with Crippen molar-refractivity contribution < 1.29 is 0 Å². The van der Waals surface area contributed by atoms with Gasteiger partial charge in [-0.3, -0.25) is 21.7 Å². The third kappa shape index (κ3) is 7.70. The molecule has 0 atom stereocenters. The summed E-state index contributed by atoms with van der Waals surface area (Å²) in [7, 11) is 5.63. The summed E-state index contributed by atoms with van der Waals surface area (Å²) in [5, 5.41) is 1.95. The SMILES string of the molecule is CN(C)NCc1ccccc1.CNN. The Kier molecular flexibility index (Phi) is 8.07. The first-order valence-electron chi connectivity index (χ1n) is 4.52. The first-order chi connectivity index (χ1) is 6.70. The number of nitrogens with one attached hydrogen (secondary N) is 2. The van der Waals surface area contributed by atoms with Crippen LogP contribution in [0.25, 0.3) is 0 Å². The van der Waals surface area contributed by atoms with Gasteiger partial charge in [0.25, 0.3) is 0 Å². The fourth-order valence-electron chi connectivity index (χ4n) is 0.845. The van der Waals surface area contributed by atoms with Gasteiger partial charge in [-0.2, -0.15) is 0 Å². The molecule has 4 N–H and O–H groups in total. The fraction of sp³-hybridized carbons (Fsp3) is 0.400. The van der Waals surface area contributed by atoms with Crippen LogP contribution in [0, 0.1) is 0 Å². The van der Waals surface area contributed by atoms with E-state index in [9.17, 15) is 0 Å². The molecule has 0 heterocycles. The molecule has 0 radical (unpaired) electrons. The van der Waals surface area contributed by atoms with Crippen LogP contribution in [0.4, 0.5) is 0 Å². The number of nitrogens with two attached hydrogens (primary N) is 1. The van der Waals surface area contributed by atoms with Crippen LogP contribution in [0.3, 0.4) is 0 Å². The van der Waals surface area contributed by atoms with Crippen molar-refractivity contribution in [2.45, 2.75) is 6.54 Å². The molecule has 1 aromatic rings. The van der Waals surface area contributed by atoms with Gasteiger partial charge in [-0.25, -0.2) is 0 Å². The number of hydrogen-bond donors (Lipinski definition) is 3. The van der Waals surface area contributed by atoms with Gasteiger partial charge < -0.3 is 0 Å². The van der Waals surface area contributed by atoms with Crippen molar-refractivity contribution in [1.29, 1.82) is 0 Å². The van der Waals surface area contributed by atoms with Gasteiger partial charge in [-0.1, -0.05) is 30.3 Å². The molecule has 0 bridgehead atoms. The van der Waals surface area contributed by atoms with Crippen molar-refractivity contribution in [3.05, 3.63) is 35.9 Å². The monoisotopic (exact) mass is 196 g/mol. The largest absolute Gasteiger partial charge is 0.272 e. The highest BCUT2D eigenvalue weighted by molar-refractivity contribution is 5.13. The highest BCUT2D eigenvalue weighted by atomic mass is 15.5. The smallest absolute Gasteiger partial charge is 0.0353 e. The van der Waals surface area contributed by atoms with E-state index in [0.717, 1.165) is 6.54 Å². The molecule has 0 spiro atoms. The molecule has 0 fully saturated rings. The predicted molar refractivity (Wildman–Crippen MR) is 60.2 cm³/mol. The third-order valence-corrected chi connectivity index (χ3v) is 1.44. The van der Waals surface area contributed by atoms with Gasteiger partial charge in [0.2, 0.25) is 0 Å². The molecule has 4 nitrogen and oxygen atoms in total. The lowest BCUT2D eigenvalue weighted by atomic mass is 10.2. The Morgan fingerprint density at radius 2 is 1.71 bits per heavy atom. The molecular formula is C10H20N4. The summed E-state index contributed by atoms with van der Waals surface area (Å²) >= 11 is 0. The van der Waals surface area contributed by atoms with Gasteiger partial charge in [0.15, 0.2) is 0 Å². The number of hydrogen-bond acceptors (Lipinski definition) is 4. The minimum atomic E-state index is 0.897. The van der Waals surface area contributed by atoms with Crippen LogP contribution in [0.5, 0.6) is 0 Å². The molecule has 1 aromatic carbocycles. The van der Waals surface area contributed by atoms with Gasteiger partial charge >= 0.3 is 0 Å². The molecule has 0 amide bonds. The molecule has 0 aliphatic carbocycles. The van der Waals surface area contributed by atoms with Crippen LogP contribution in [-0.4, -0.2) is 26.2 Å². The lowest BCUT2D eigenvalue weighted by Gasteiger charge is -2.11.